The predicted octanol–water partition coefficient (Wildman–Crippen LogP) is 4.64. The summed E-state index contributed by atoms with van der Waals surface area (Å²) in [5, 5.41) is 15.0. The van der Waals surface area contributed by atoms with E-state index in [-0.39, 0.29) is 18.1 Å². The van der Waals surface area contributed by atoms with Crippen LogP contribution in [0.15, 0.2) is 24.3 Å². The number of anilines is 3. The number of aromatic nitrogens is 6. The van der Waals surface area contributed by atoms with Gasteiger partial charge in [-0.2, -0.15) is 0 Å². The topological polar surface area (TPSA) is 121 Å². The Morgan fingerprint density at radius 1 is 1.13 bits per heavy atom. The molecule has 0 bridgehead atoms. The van der Waals surface area contributed by atoms with Crippen LogP contribution < -0.4 is 15.4 Å². The second-order valence-electron chi connectivity index (χ2n) is 10.00. The molecule has 11 nitrogen and oxygen atoms in total. The third-order valence-corrected chi connectivity index (χ3v) is 7.32. The van der Waals surface area contributed by atoms with Crippen molar-refractivity contribution < 1.29 is 14.3 Å². The number of nitrogens with zero attached hydrogens (tertiary/aromatic N) is 6. The van der Waals surface area contributed by atoms with Crippen LogP contribution in [0.3, 0.4) is 0 Å². The third kappa shape index (κ3) is 4.36. The van der Waals surface area contributed by atoms with E-state index in [0.29, 0.717) is 35.0 Å². The Hall–Kier alpha value is -3.99. The molecule has 1 atom stereocenters. The Morgan fingerprint density at radius 3 is 2.66 bits per heavy atom. The lowest BCUT2D eigenvalue weighted by Crippen LogP contribution is -2.20. The minimum atomic E-state index is -0.138. The van der Waals surface area contributed by atoms with Crippen molar-refractivity contribution in [1.29, 1.82) is 0 Å². The molecule has 1 saturated heterocycles. The van der Waals surface area contributed by atoms with Crippen LogP contribution in [0.1, 0.15) is 49.9 Å². The van der Waals surface area contributed by atoms with Crippen LogP contribution in [-0.4, -0.2) is 49.2 Å². The fraction of sp³-hybridized carbons (Fsp3) is 0.444. The van der Waals surface area contributed by atoms with Crippen molar-refractivity contribution in [3.63, 3.8) is 0 Å². The summed E-state index contributed by atoms with van der Waals surface area (Å²) < 4.78 is 15.7. The zero-order chi connectivity index (χ0) is 26.4. The highest BCUT2D eigenvalue weighted by Crippen LogP contribution is 2.40. The van der Waals surface area contributed by atoms with Gasteiger partial charge in [0.05, 0.1) is 24.2 Å². The van der Waals surface area contributed by atoms with Gasteiger partial charge >= 0.3 is 0 Å². The number of carbonyl (C=O) groups is 1. The fourth-order valence-electron chi connectivity index (χ4n) is 5.02. The average molecular weight is 517 g/mol. The number of nitrogens with one attached hydrogen (secondary N) is 2. The largest absolute Gasteiger partial charge is 0.494 e. The van der Waals surface area contributed by atoms with E-state index >= 15 is 0 Å². The second kappa shape index (κ2) is 9.71. The molecule has 1 amide bonds. The van der Waals surface area contributed by atoms with Crippen molar-refractivity contribution in [1.82, 2.24) is 29.5 Å². The van der Waals surface area contributed by atoms with Gasteiger partial charge in [0.25, 0.3) is 0 Å². The summed E-state index contributed by atoms with van der Waals surface area (Å²) in [6.45, 7) is 4.64. The molecule has 11 heteroatoms. The van der Waals surface area contributed by atoms with Gasteiger partial charge in [0.2, 0.25) is 5.91 Å². The maximum atomic E-state index is 12.7. The maximum Gasteiger partial charge on any atom is 0.228 e. The fourth-order valence-corrected chi connectivity index (χ4v) is 5.02. The van der Waals surface area contributed by atoms with E-state index in [1.165, 1.54) is 0 Å². The number of carbonyl (C=O) groups excluding carboxylic acids is 1. The van der Waals surface area contributed by atoms with E-state index in [1.807, 2.05) is 49.7 Å². The van der Waals surface area contributed by atoms with Crippen LogP contribution in [0.25, 0.3) is 22.4 Å². The van der Waals surface area contributed by atoms with Crippen molar-refractivity contribution in [3.05, 3.63) is 35.8 Å². The molecule has 2 aliphatic rings. The standard InChI is InChI=1S/C27H32N8O3/c1-15-23(32-33-34(15)3)18-8-7-9-19(25(18)37-4)29-20-14-21(31-27(36)17-11-12-17)30-26-24(20)28-16(2)35(26)22-10-5-6-13-38-22/h7-9,14,17,22H,5-6,10-13H2,1-4H3,(H2,29,30,31,36). The van der Waals surface area contributed by atoms with Crippen LogP contribution in [0.2, 0.25) is 0 Å². The average Bonchev–Trinajstić information content (AvgIpc) is 3.65. The van der Waals surface area contributed by atoms with Gasteiger partial charge in [-0.3, -0.25) is 14.0 Å². The highest BCUT2D eigenvalue weighted by Gasteiger charge is 2.31. The molecule has 2 N–H and O–H groups in total. The van der Waals surface area contributed by atoms with E-state index < -0.39 is 0 Å². The Morgan fingerprint density at radius 2 is 1.97 bits per heavy atom. The van der Waals surface area contributed by atoms with E-state index in [4.69, 9.17) is 19.4 Å². The molecule has 0 radical (unpaired) electrons. The maximum absolute atomic E-state index is 12.7. The van der Waals surface area contributed by atoms with Crippen molar-refractivity contribution in [2.45, 2.75) is 52.2 Å². The Balaban J connectivity index is 1.46. The molecule has 4 aromatic rings. The molecule has 198 valence electrons. The molecule has 1 unspecified atom stereocenters. The highest BCUT2D eigenvalue weighted by atomic mass is 16.5. The molecule has 6 rings (SSSR count). The number of para-hydroxylation sites is 1. The first kappa shape index (κ1) is 24.4. The summed E-state index contributed by atoms with van der Waals surface area (Å²) in [6.07, 6.45) is 4.71. The zero-order valence-electron chi connectivity index (χ0n) is 22.1. The van der Waals surface area contributed by atoms with Crippen LogP contribution >= 0.6 is 0 Å². The number of hydrogen-bond acceptors (Lipinski definition) is 8. The minimum absolute atomic E-state index is 0.00258. The van der Waals surface area contributed by atoms with E-state index in [0.717, 1.165) is 60.6 Å². The third-order valence-electron chi connectivity index (χ3n) is 7.32. The normalized spacial score (nSPS) is 17.5. The summed E-state index contributed by atoms with van der Waals surface area (Å²) in [7, 11) is 3.50. The summed E-state index contributed by atoms with van der Waals surface area (Å²) in [6, 6.07) is 7.68. The number of amides is 1. The van der Waals surface area contributed by atoms with E-state index in [2.05, 4.69) is 20.9 Å². The van der Waals surface area contributed by atoms with Gasteiger partial charge in [-0.25, -0.2) is 9.97 Å². The zero-order valence-corrected chi connectivity index (χ0v) is 22.1. The lowest BCUT2D eigenvalue weighted by atomic mass is 10.1. The molecular formula is C27H32N8O3. The van der Waals surface area contributed by atoms with Gasteiger partial charge in [-0.1, -0.05) is 11.3 Å². The van der Waals surface area contributed by atoms with Gasteiger partial charge in [0, 0.05) is 31.2 Å². The van der Waals surface area contributed by atoms with Crippen molar-refractivity contribution in [2.24, 2.45) is 13.0 Å². The second-order valence-corrected chi connectivity index (χ2v) is 10.00. The lowest BCUT2D eigenvalue weighted by molar-refractivity contribution is -0.117. The van der Waals surface area contributed by atoms with Crippen LogP contribution in [0, 0.1) is 19.8 Å². The Kier molecular flexibility index (Phi) is 6.22. The summed E-state index contributed by atoms with van der Waals surface area (Å²) in [4.78, 5) is 22.4. The summed E-state index contributed by atoms with van der Waals surface area (Å²) in [5.74, 6) is 1.98. The number of benzene rings is 1. The first-order chi connectivity index (χ1) is 18.4. The first-order valence-electron chi connectivity index (χ1n) is 13.1. The number of ether oxygens (including phenoxy) is 2. The molecule has 1 aromatic carbocycles. The highest BCUT2D eigenvalue weighted by molar-refractivity contribution is 5.97. The van der Waals surface area contributed by atoms with E-state index in [9.17, 15) is 4.79 Å². The lowest BCUT2D eigenvalue weighted by Gasteiger charge is -2.25. The number of pyridine rings is 1. The molecule has 1 aliphatic heterocycles. The number of methoxy groups -OCH3 is 1. The number of imidazole rings is 1. The van der Waals surface area contributed by atoms with Crippen LogP contribution in [0.5, 0.6) is 5.75 Å². The summed E-state index contributed by atoms with van der Waals surface area (Å²) in [5.41, 5.74) is 5.33. The molecule has 38 heavy (non-hydrogen) atoms. The molecule has 1 saturated carbocycles. The Labute approximate surface area is 220 Å². The molecule has 3 aromatic heterocycles. The smallest absolute Gasteiger partial charge is 0.228 e. The Bertz CT molecular complexity index is 1510. The van der Waals surface area contributed by atoms with Crippen LogP contribution in [0.4, 0.5) is 17.2 Å². The molecular weight excluding hydrogens is 484 g/mol. The van der Waals surface area contributed by atoms with E-state index in [1.54, 1.807) is 11.8 Å². The quantitative estimate of drug-likeness (QED) is 0.364. The van der Waals surface area contributed by atoms with Gasteiger partial charge in [-0.15, -0.1) is 5.10 Å². The number of rotatable bonds is 7. The van der Waals surface area contributed by atoms with Crippen molar-refractivity contribution >= 4 is 34.3 Å². The van der Waals surface area contributed by atoms with Crippen molar-refractivity contribution in [2.75, 3.05) is 24.4 Å². The first-order valence-corrected chi connectivity index (χ1v) is 13.1. The number of aryl methyl sites for hydroxylation is 2. The molecule has 1 aliphatic carbocycles. The monoisotopic (exact) mass is 516 g/mol. The van der Waals surface area contributed by atoms with Gasteiger partial charge in [-0.05, 0) is 58.1 Å². The number of fused-ring (bicyclic) bond motifs is 1. The van der Waals surface area contributed by atoms with Gasteiger partial charge in [0.15, 0.2) is 11.4 Å². The summed E-state index contributed by atoms with van der Waals surface area (Å²) >= 11 is 0. The minimum Gasteiger partial charge on any atom is -0.494 e. The molecule has 2 fully saturated rings. The SMILES string of the molecule is COc1c(Nc2cc(NC(=O)C3CC3)nc3c2nc(C)n3C2CCCCO2)cccc1-c1nnn(C)c1C. The van der Waals surface area contributed by atoms with Gasteiger partial charge in [0.1, 0.15) is 29.1 Å². The van der Waals surface area contributed by atoms with Crippen molar-refractivity contribution in [3.8, 4) is 17.0 Å². The number of hydrogen-bond donors (Lipinski definition) is 2. The van der Waals surface area contributed by atoms with Gasteiger partial charge < -0.3 is 20.1 Å². The molecule has 0 spiro atoms. The van der Waals surface area contributed by atoms with Crippen LogP contribution in [-0.2, 0) is 16.6 Å². The molecule has 4 heterocycles. The predicted molar refractivity (Wildman–Crippen MR) is 143 cm³/mol.